The third-order valence-corrected chi connectivity index (χ3v) is 4.86. The number of ether oxygens (including phenoxy) is 2. The van der Waals surface area contributed by atoms with E-state index in [1.807, 2.05) is 19.1 Å². The highest BCUT2D eigenvalue weighted by Gasteiger charge is 2.31. The lowest BCUT2D eigenvalue weighted by atomic mass is 9.93. The number of piperidine rings is 1. The van der Waals surface area contributed by atoms with Gasteiger partial charge in [-0.3, -0.25) is 0 Å². The lowest BCUT2D eigenvalue weighted by Gasteiger charge is -2.34. The van der Waals surface area contributed by atoms with Gasteiger partial charge in [0.25, 0.3) is 0 Å². The van der Waals surface area contributed by atoms with E-state index >= 15 is 0 Å². The highest BCUT2D eigenvalue weighted by Crippen LogP contribution is 2.35. The SMILES string of the molecule is CCOC(=O)N1CCC(N[C@H](C)[C@@H]2COc3ccccc32)CC1. The molecule has 0 bridgehead atoms. The highest BCUT2D eigenvalue weighted by atomic mass is 16.6. The molecule has 0 unspecified atom stereocenters. The van der Waals surface area contributed by atoms with E-state index < -0.39 is 0 Å². The predicted octanol–water partition coefficient (Wildman–Crippen LogP) is 2.76. The third kappa shape index (κ3) is 3.61. The van der Waals surface area contributed by atoms with Crippen molar-refractivity contribution in [3.05, 3.63) is 29.8 Å². The molecule has 1 amide bonds. The van der Waals surface area contributed by atoms with Crippen molar-refractivity contribution in [3.8, 4) is 5.75 Å². The molecule has 5 nitrogen and oxygen atoms in total. The van der Waals surface area contributed by atoms with E-state index in [1.54, 1.807) is 4.90 Å². The van der Waals surface area contributed by atoms with Gasteiger partial charge in [-0.25, -0.2) is 4.79 Å². The maximum Gasteiger partial charge on any atom is 0.409 e. The van der Waals surface area contributed by atoms with E-state index in [9.17, 15) is 4.79 Å². The van der Waals surface area contributed by atoms with Crippen LogP contribution in [0.2, 0.25) is 0 Å². The first-order chi connectivity index (χ1) is 11.2. The van der Waals surface area contributed by atoms with Crippen molar-refractivity contribution < 1.29 is 14.3 Å². The van der Waals surface area contributed by atoms with Crippen LogP contribution in [0.4, 0.5) is 4.79 Å². The van der Waals surface area contributed by atoms with E-state index in [0.29, 0.717) is 24.6 Å². The molecule has 126 valence electrons. The van der Waals surface area contributed by atoms with Gasteiger partial charge >= 0.3 is 6.09 Å². The summed E-state index contributed by atoms with van der Waals surface area (Å²) in [6, 6.07) is 9.10. The largest absolute Gasteiger partial charge is 0.493 e. The van der Waals surface area contributed by atoms with Crippen LogP contribution in [0.5, 0.6) is 5.75 Å². The topological polar surface area (TPSA) is 50.8 Å². The molecule has 1 aromatic carbocycles. The second kappa shape index (κ2) is 7.21. The van der Waals surface area contributed by atoms with Gasteiger partial charge < -0.3 is 19.7 Å². The second-order valence-electron chi connectivity index (χ2n) is 6.37. The number of nitrogens with zero attached hydrogens (tertiary/aromatic N) is 1. The van der Waals surface area contributed by atoms with Crippen LogP contribution in [0.3, 0.4) is 0 Å². The average Bonchev–Trinajstić information content (AvgIpc) is 3.00. The normalized spacial score (nSPS) is 22.3. The van der Waals surface area contributed by atoms with Crippen molar-refractivity contribution in [2.75, 3.05) is 26.3 Å². The van der Waals surface area contributed by atoms with E-state index in [0.717, 1.165) is 38.3 Å². The first kappa shape index (κ1) is 16.1. The monoisotopic (exact) mass is 318 g/mol. The molecule has 0 spiro atoms. The van der Waals surface area contributed by atoms with Crippen LogP contribution < -0.4 is 10.1 Å². The molecule has 0 saturated carbocycles. The molecule has 23 heavy (non-hydrogen) atoms. The standard InChI is InChI=1S/C18H26N2O3/c1-3-22-18(21)20-10-8-14(9-11-20)19-13(2)16-12-23-17-7-5-4-6-15(16)17/h4-7,13-14,16,19H,3,8-12H2,1-2H3/t13-,16+/m1/s1. The molecule has 0 radical (unpaired) electrons. The first-order valence-electron chi connectivity index (χ1n) is 8.58. The number of likely N-dealkylation sites (tertiary alicyclic amines) is 1. The molecule has 0 aliphatic carbocycles. The Bertz CT molecular complexity index is 541. The quantitative estimate of drug-likeness (QED) is 0.927. The van der Waals surface area contributed by atoms with Gasteiger partial charge in [-0.05, 0) is 32.8 Å². The van der Waals surface area contributed by atoms with Gasteiger partial charge in [-0.15, -0.1) is 0 Å². The van der Waals surface area contributed by atoms with E-state index in [1.165, 1.54) is 5.56 Å². The molecule has 1 aromatic rings. The lowest BCUT2D eigenvalue weighted by molar-refractivity contribution is 0.0939. The summed E-state index contributed by atoms with van der Waals surface area (Å²) in [6.07, 6.45) is 1.76. The maximum absolute atomic E-state index is 11.7. The molecule has 1 saturated heterocycles. The van der Waals surface area contributed by atoms with Crippen LogP contribution >= 0.6 is 0 Å². The Morgan fingerprint density at radius 3 is 2.87 bits per heavy atom. The van der Waals surface area contributed by atoms with Gasteiger partial charge in [0.15, 0.2) is 0 Å². The minimum Gasteiger partial charge on any atom is -0.493 e. The Morgan fingerprint density at radius 1 is 1.39 bits per heavy atom. The number of nitrogens with one attached hydrogen (secondary N) is 1. The number of carbonyl (C=O) groups excluding carboxylic acids is 1. The second-order valence-corrected chi connectivity index (χ2v) is 6.37. The zero-order valence-electron chi connectivity index (χ0n) is 14.0. The minimum atomic E-state index is -0.183. The fraction of sp³-hybridized carbons (Fsp3) is 0.611. The molecule has 1 N–H and O–H groups in total. The van der Waals surface area contributed by atoms with Crippen LogP contribution in [-0.4, -0.2) is 49.4 Å². The molecule has 2 aliphatic heterocycles. The molecule has 3 rings (SSSR count). The average molecular weight is 318 g/mol. The van der Waals surface area contributed by atoms with Crippen LogP contribution in [0.15, 0.2) is 24.3 Å². The van der Waals surface area contributed by atoms with Crippen molar-refractivity contribution in [3.63, 3.8) is 0 Å². The van der Waals surface area contributed by atoms with E-state index in [2.05, 4.69) is 24.4 Å². The number of hydrogen-bond donors (Lipinski definition) is 1. The van der Waals surface area contributed by atoms with E-state index in [-0.39, 0.29) is 6.09 Å². The first-order valence-corrected chi connectivity index (χ1v) is 8.58. The Morgan fingerprint density at radius 2 is 2.13 bits per heavy atom. The summed E-state index contributed by atoms with van der Waals surface area (Å²) in [5.41, 5.74) is 1.30. The van der Waals surface area contributed by atoms with Crippen LogP contribution in [0, 0.1) is 0 Å². The fourth-order valence-electron chi connectivity index (χ4n) is 3.53. The summed E-state index contributed by atoms with van der Waals surface area (Å²) >= 11 is 0. The predicted molar refractivity (Wildman–Crippen MR) is 88.9 cm³/mol. The highest BCUT2D eigenvalue weighted by molar-refractivity contribution is 5.67. The summed E-state index contributed by atoms with van der Waals surface area (Å²) in [6.45, 7) is 6.79. The molecular formula is C18H26N2O3. The zero-order valence-corrected chi connectivity index (χ0v) is 14.0. The molecular weight excluding hydrogens is 292 g/mol. The third-order valence-electron chi connectivity index (χ3n) is 4.86. The number of rotatable bonds is 4. The number of hydrogen-bond acceptors (Lipinski definition) is 4. The van der Waals surface area contributed by atoms with Gasteiger partial charge in [0.1, 0.15) is 5.75 Å². The molecule has 2 atom stereocenters. The molecule has 0 aromatic heterocycles. The Labute approximate surface area is 137 Å². The number of carbonyl (C=O) groups is 1. The van der Waals surface area contributed by atoms with Gasteiger partial charge in [0, 0.05) is 36.7 Å². The smallest absolute Gasteiger partial charge is 0.409 e. The van der Waals surface area contributed by atoms with Crippen molar-refractivity contribution >= 4 is 6.09 Å². The molecule has 1 fully saturated rings. The van der Waals surface area contributed by atoms with Crippen LogP contribution in [0.25, 0.3) is 0 Å². The van der Waals surface area contributed by atoms with Gasteiger partial charge in [-0.1, -0.05) is 18.2 Å². The minimum absolute atomic E-state index is 0.183. The van der Waals surface area contributed by atoms with Crippen LogP contribution in [0.1, 0.15) is 38.2 Å². The number of para-hydroxylation sites is 1. The van der Waals surface area contributed by atoms with Crippen LogP contribution in [-0.2, 0) is 4.74 Å². The summed E-state index contributed by atoms with van der Waals surface area (Å²) in [5.74, 6) is 1.41. The molecule has 2 heterocycles. The van der Waals surface area contributed by atoms with Crippen molar-refractivity contribution in [1.82, 2.24) is 10.2 Å². The molecule has 2 aliphatic rings. The number of amides is 1. The zero-order chi connectivity index (χ0) is 16.2. The lowest BCUT2D eigenvalue weighted by Crippen LogP contribution is -2.48. The summed E-state index contributed by atoms with van der Waals surface area (Å²) in [5, 5.41) is 3.73. The van der Waals surface area contributed by atoms with Crippen molar-refractivity contribution in [1.29, 1.82) is 0 Å². The number of benzene rings is 1. The van der Waals surface area contributed by atoms with E-state index in [4.69, 9.17) is 9.47 Å². The van der Waals surface area contributed by atoms with Crippen molar-refractivity contribution in [2.45, 2.75) is 44.7 Å². The Hall–Kier alpha value is -1.75. The number of fused-ring (bicyclic) bond motifs is 1. The fourth-order valence-corrected chi connectivity index (χ4v) is 3.53. The van der Waals surface area contributed by atoms with Gasteiger partial charge in [-0.2, -0.15) is 0 Å². The molecule has 5 heteroatoms. The summed E-state index contributed by atoms with van der Waals surface area (Å²) in [4.78, 5) is 13.5. The Balaban J connectivity index is 1.50. The maximum atomic E-state index is 11.7. The van der Waals surface area contributed by atoms with Gasteiger partial charge in [0.05, 0.1) is 13.2 Å². The summed E-state index contributed by atoms with van der Waals surface area (Å²) < 4.78 is 10.9. The Kier molecular flexibility index (Phi) is 5.06. The van der Waals surface area contributed by atoms with Crippen molar-refractivity contribution in [2.24, 2.45) is 0 Å². The summed E-state index contributed by atoms with van der Waals surface area (Å²) in [7, 11) is 0. The van der Waals surface area contributed by atoms with Gasteiger partial charge in [0.2, 0.25) is 0 Å².